The minimum atomic E-state index is -0.256. The van der Waals surface area contributed by atoms with Gasteiger partial charge in [0.05, 0.1) is 5.69 Å². The number of benzene rings is 2. The molecule has 0 unspecified atom stereocenters. The van der Waals surface area contributed by atoms with Gasteiger partial charge in [0.2, 0.25) is 5.76 Å². The van der Waals surface area contributed by atoms with E-state index in [1.165, 1.54) is 11.1 Å². The molecule has 116 valence electrons. The second kappa shape index (κ2) is 6.48. The molecule has 3 rings (SSSR count). The van der Waals surface area contributed by atoms with Gasteiger partial charge in [0.25, 0.3) is 5.91 Å². The Morgan fingerprint density at radius 1 is 1.04 bits per heavy atom. The molecule has 1 amide bonds. The zero-order chi connectivity index (χ0) is 16.2. The highest BCUT2D eigenvalue weighted by Crippen LogP contribution is 2.20. The SMILES string of the molecule is Cc1cccc(-c2ccc(CNC(=O)c3cc(C)no3)cc2)c1. The van der Waals surface area contributed by atoms with Crippen LogP contribution >= 0.6 is 0 Å². The van der Waals surface area contributed by atoms with E-state index in [4.69, 9.17) is 4.52 Å². The largest absolute Gasteiger partial charge is 0.351 e. The Kier molecular flexibility index (Phi) is 4.24. The molecule has 0 aliphatic rings. The van der Waals surface area contributed by atoms with Gasteiger partial charge < -0.3 is 9.84 Å². The highest BCUT2D eigenvalue weighted by molar-refractivity contribution is 5.91. The molecule has 0 aliphatic carbocycles. The second-order valence-corrected chi connectivity index (χ2v) is 5.58. The normalized spacial score (nSPS) is 10.5. The van der Waals surface area contributed by atoms with Crippen molar-refractivity contribution in [3.63, 3.8) is 0 Å². The van der Waals surface area contributed by atoms with Crippen LogP contribution in [0, 0.1) is 13.8 Å². The van der Waals surface area contributed by atoms with Gasteiger partial charge in [-0.2, -0.15) is 0 Å². The Hall–Kier alpha value is -2.88. The molecular formula is C19H18N2O2. The Morgan fingerprint density at radius 2 is 1.83 bits per heavy atom. The lowest BCUT2D eigenvalue weighted by Crippen LogP contribution is -2.22. The van der Waals surface area contributed by atoms with Crippen molar-refractivity contribution >= 4 is 5.91 Å². The van der Waals surface area contributed by atoms with E-state index in [1.807, 2.05) is 12.1 Å². The third-order valence-corrected chi connectivity index (χ3v) is 3.61. The molecule has 0 atom stereocenters. The number of nitrogens with one attached hydrogen (secondary N) is 1. The molecule has 1 N–H and O–H groups in total. The first-order valence-electron chi connectivity index (χ1n) is 7.49. The number of amides is 1. The summed E-state index contributed by atoms with van der Waals surface area (Å²) in [5, 5.41) is 6.53. The van der Waals surface area contributed by atoms with Gasteiger partial charge in [-0.1, -0.05) is 59.3 Å². The Bertz CT molecular complexity index is 819. The van der Waals surface area contributed by atoms with Crippen molar-refractivity contribution in [2.24, 2.45) is 0 Å². The standard InChI is InChI=1S/C19H18N2O2/c1-13-4-3-5-17(10-13)16-8-6-15(7-9-16)12-20-19(22)18-11-14(2)21-23-18/h3-11H,12H2,1-2H3,(H,20,22). The molecule has 0 fully saturated rings. The molecule has 0 saturated heterocycles. The summed E-state index contributed by atoms with van der Waals surface area (Å²) >= 11 is 0. The number of carbonyl (C=O) groups is 1. The van der Waals surface area contributed by atoms with Gasteiger partial charge in [0, 0.05) is 12.6 Å². The van der Waals surface area contributed by atoms with Gasteiger partial charge in [-0.15, -0.1) is 0 Å². The van der Waals surface area contributed by atoms with Crippen molar-refractivity contribution in [2.45, 2.75) is 20.4 Å². The molecule has 3 aromatic rings. The first-order valence-corrected chi connectivity index (χ1v) is 7.49. The van der Waals surface area contributed by atoms with Crippen LogP contribution in [0.3, 0.4) is 0 Å². The molecule has 0 saturated carbocycles. The van der Waals surface area contributed by atoms with Gasteiger partial charge in [0.1, 0.15) is 0 Å². The average Bonchev–Trinajstić information content (AvgIpc) is 3.00. The molecule has 4 heteroatoms. The van der Waals surface area contributed by atoms with Crippen molar-refractivity contribution in [1.82, 2.24) is 10.5 Å². The molecule has 0 radical (unpaired) electrons. The smallest absolute Gasteiger partial charge is 0.290 e. The van der Waals surface area contributed by atoms with Crippen LogP contribution in [0.5, 0.6) is 0 Å². The summed E-state index contributed by atoms with van der Waals surface area (Å²) in [7, 11) is 0. The summed E-state index contributed by atoms with van der Waals surface area (Å²) in [6.45, 7) is 4.32. The highest BCUT2D eigenvalue weighted by atomic mass is 16.5. The molecule has 0 bridgehead atoms. The summed E-state index contributed by atoms with van der Waals surface area (Å²) in [4.78, 5) is 11.9. The monoisotopic (exact) mass is 306 g/mol. The fourth-order valence-electron chi connectivity index (χ4n) is 2.38. The van der Waals surface area contributed by atoms with Crippen LogP contribution in [-0.4, -0.2) is 11.1 Å². The molecular weight excluding hydrogens is 288 g/mol. The van der Waals surface area contributed by atoms with E-state index < -0.39 is 0 Å². The Morgan fingerprint density at radius 3 is 2.48 bits per heavy atom. The number of carbonyl (C=O) groups excluding carboxylic acids is 1. The van der Waals surface area contributed by atoms with Crippen LogP contribution in [0.25, 0.3) is 11.1 Å². The van der Waals surface area contributed by atoms with Gasteiger partial charge in [-0.25, -0.2) is 0 Å². The fraction of sp³-hybridized carbons (Fsp3) is 0.158. The lowest BCUT2D eigenvalue weighted by Gasteiger charge is -2.06. The quantitative estimate of drug-likeness (QED) is 0.795. The zero-order valence-corrected chi connectivity index (χ0v) is 13.2. The number of aromatic nitrogens is 1. The van der Waals surface area contributed by atoms with E-state index in [0.29, 0.717) is 12.2 Å². The van der Waals surface area contributed by atoms with E-state index in [9.17, 15) is 4.79 Å². The van der Waals surface area contributed by atoms with Crippen LogP contribution in [0.1, 0.15) is 27.4 Å². The molecule has 0 aliphatic heterocycles. The minimum Gasteiger partial charge on any atom is -0.351 e. The maximum Gasteiger partial charge on any atom is 0.290 e. The first kappa shape index (κ1) is 15.0. The van der Waals surface area contributed by atoms with E-state index >= 15 is 0 Å². The van der Waals surface area contributed by atoms with E-state index in [-0.39, 0.29) is 11.7 Å². The van der Waals surface area contributed by atoms with Gasteiger partial charge in [-0.05, 0) is 30.5 Å². The van der Waals surface area contributed by atoms with Gasteiger partial charge >= 0.3 is 0 Å². The predicted molar refractivity (Wildman–Crippen MR) is 89.0 cm³/mol. The van der Waals surface area contributed by atoms with Crippen molar-refractivity contribution in [2.75, 3.05) is 0 Å². The molecule has 4 nitrogen and oxygen atoms in total. The van der Waals surface area contributed by atoms with E-state index in [2.05, 4.69) is 53.8 Å². The van der Waals surface area contributed by atoms with Crippen LogP contribution in [-0.2, 0) is 6.54 Å². The molecule has 23 heavy (non-hydrogen) atoms. The fourth-order valence-corrected chi connectivity index (χ4v) is 2.38. The maximum absolute atomic E-state index is 11.9. The van der Waals surface area contributed by atoms with Crippen LogP contribution in [0.2, 0.25) is 0 Å². The predicted octanol–water partition coefficient (Wildman–Crippen LogP) is 3.89. The molecule has 1 aromatic heterocycles. The average molecular weight is 306 g/mol. The zero-order valence-electron chi connectivity index (χ0n) is 13.2. The molecule has 1 heterocycles. The number of hydrogen-bond acceptors (Lipinski definition) is 3. The number of hydrogen-bond donors (Lipinski definition) is 1. The van der Waals surface area contributed by atoms with E-state index in [0.717, 1.165) is 11.1 Å². The van der Waals surface area contributed by atoms with Crippen LogP contribution < -0.4 is 5.32 Å². The Balaban J connectivity index is 1.65. The maximum atomic E-state index is 11.9. The van der Waals surface area contributed by atoms with Gasteiger partial charge in [0.15, 0.2) is 0 Å². The van der Waals surface area contributed by atoms with Crippen molar-refractivity contribution in [3.05, 3.63) is 77.2 Å². The van der Waals surface area contributed by atoms with Crippen LogP contribution in [0.15, 0.2) is 59.1 Å². The number of rotatable bonds is 4. The first-order chi connectivity index (χ1) is 11.1. The summed E-state index contributed by atoms with van der Waals surface area (Å²) in [5.74, 6) is -0.0211. The van der Waals surface area contributed by atoms with Crippen molar-refractivity contribution in [3.8, 4) is 11.1 Å². The van der Waals surface area contributed by atoms with Crippen LogP contribution in [0.4, 0.5) is 0 Å². The third kappa shape index (κ3) is 3.66. The second-order valence-electron chi connectivity index (χ2n) is 5.58. The number of nitrogens with zero attached hydrogens (tertiary/aromatic N) is 1. The Labute approximate surface area is 135 Å². The number of aryl methyl sites for hydroxylation is 2. The summed E-state index contributed by atoms with van der Waals surface area (Å²) < 4.78 is 4.94. The summed E-state index contributed by atoms with van der Waals surface area (Å²) in [6.07, 6.45) is 0. The topological polar surface area (TPSA) is 55.1 Å². The highest BCUT2D eigenvalue weighted by Gasteiger charge is 2.10. The lowest BCUT2D eigenvalue weighted by molar-refractivity contribution is 0.0914. The summed E-state index contributed by atoms with van der Waals surface area (Å²) in [5.41, 5.74) is 5.32. The summed E-state index contributed by atoms with van der Waals surface area (Å²) in [6, 6.07) is 18.2. The lowest BCUT2D eigenvalue weighted by atomic mass is 10.0. The van der Waals surface area contributed by atoms with Crippen molar-refractivity contribution < 1.29 is 9.32 Å². The minimum absolute atomic E-state index is 0.235. The van der Waals surface area contributed by atoms with Gasteiger partial charge in [-0.3, -0.25) is 4.79 Å². The van der Waals surface area contributed by atoms with E-state index in [1.54, 1.807) is 13.0 Å². The van der Waals surface area contributed by atoms with Crippen molar-refractivity contribution in [1.29, 1.82) is 0 Å². The molecule has 2 aromatic carbocycles. The third-order valence-electron chi connectivity index (χ3n) is 3.61. The molecule has 0 spiro atoms.